The highest BCUT2D eigenvalue weighted by Crippen LogP contribution is 2.25. The number of hydrogen-bond acceptors (Lipinski definition) is 3. The molecule has 1 unspecified atom stereocenters. The molecule has 114 valence electrons. The lowest BCUT2D eigenvalue weighted by atomic mass is 10.0. The molecule has 0 saturated carbocycles. The summed E-state index contributed by atoms with van der Waals surface area (Å²) in [6, 6.07) is 6.56. The van der Waals surface area contributed by atoms with Gasteiger partial charge in [-0.1, -0.05) is 12.1 Å². The number of nitrogens with two attached hydrogens (primary N) is 1. The summed E-state index contributed by atoms with van der Waals surface area (Å²) < 4.78 is 7.87. The Bertz CT molecular complexity index is 579. The molecular weight excluding hydrogens is 262 g/mol. The van der Waals surface area contributed by atoms with E-state index in [1.54, 1.807) is 0 Å². The fourth-order valence-corrected chi connectivity index (χ4v) is 2.66. The second-order valence-corrected chi connectivity index (χ2v) is 5.78. The first kappa shape index (κ1) is 15.6. The summed E-state index contributed by atoms with van der Waals surface area (Å²) in [7, 11) is 1.95. The SMILES string of the molecule is Cc1cc(CC(C)N)cc(C)c1OCCc1ccnn1C. The van der Waals surface area contributed by atoms with Crippen LogP contribution in [0.3, 0.4) is 0 Å². The van der Waals surface area contributed by atoms with E-state index < -0.39 is 0 Å². The third-order valence-corrected chi connectivity index (χ3v) is 3.60. The van der Waals surface area contributed by atoms with E-state index >= 15 is 0 Å². The van der Waals surface area contributed by atoms with Gasteiger partial charge in [0, 0.05) is 31.4 Å². The van der Waals surface area contributed by atoms with Gasteiger partial charge in [-0.2, -0.15) is 5.10 Å². The first-order valence-electron chi connectivity index (χ1n) is 7.42. The van der Waals surface area contributed by atoms with Gasteiger partial charge in [0.15, 0.2) is 0 Å². The van der Waals surface area contributed by atoms with Crippen LogP contribution < -0.4 is 10.5 Å². The van der Waals surface area contributed by atoms with Crippen LogP contribution in [0.25, 0.3) is 0 Å². The molecule has 0 spiro atoms. The fourth-order valence-electron chi connectivity index (χ4n) is 2.66. The van der Waals surface area contributed by atoms with Gasteiger partial charge in [-0.15, -0.1) is 0 Å². The average Bonchev–Trinajstić information content (AvgIpc) is 2.77. The van der Waals surface area contributed by atoms with Crippen molar-refractivity contribution in [2.75, 3.05) is 6.61 Å². The summed E-state index contributed by atoms with van der Waals surface area (Å²) in [6.07, 6.45) is 3.57. The summed E-state index contributed by atoms with van der Waals surface area (Å²) in [6.45, 7) is 6.88. The summed E-state index contributed by atoms with van der Waals surface area (Å²) in [5.74, 6) is 0.991. The molecule has 21 heavy (non-hydrogen) atoms. The summed E-state index contributed by atoms with van der Waals surface area (Å²) in [5.41, 5.74) is 10.7. The van der Waals surface area contributed by atoms with Gasteiger partial charge in [0.2, 0.25) is 0 Å². The van der Waals surface area contributed by atoms with Crippen LogP contribution in [0.2, 0.25) is 0 Å². The molecule has 0 radical (unpaired) electrons. The zero-order valence-corrected chi connectivity index (χ0v) is 13.4. The maximum absolute atomic E-state index is 5.98. The van der Waals surface area contributed by atoms with Crippen LogP contribution in [0.15, 0.2) is 24.4 Å². The molecule has 0 aliphatic rings. The molecule has 0 bridgehead atoms. The van der Waals surface area contributed by atoms with Crippen molar-refractivity contribution >= 4 is 0 Å². The second-order valence-electron chi connectivity index (χ2n) is 5.78. The van der Waals surface area contributed by atoms with E-state index in [9.17, 15) is 0 Å². The van der Waals surface area contributed by atoms with Crippen molar-refractivity contribution in [3.63, 3.8) is 0 Å². The molecule has 0 aliphatic carbocycles. The quantitative estimate of drug-likeness (QED) is 0.888. The van der Waals surface area contributed by atoms with Crippen LogP contribution in [-0.2, 0) is 19.9 Å². The van der Waals surface area contributed by atoms with E-state index in [1.807, 2.05) is 30.9 Å². The number of aryl methyl sites for hydroxylation is 3. The zero-order valence-electron chi connectivity index (χ0n) is 13.4. The Balaban J connectivity index is 2.01. The maximum atomic E-state index is 5.98. The molecule has 4 nitrogen and oxygen atoms in total. The van der Waals surface area contributed by atoms with E-state index in [1.165, 1.54) is 22.4 Å². The summed E-state index contributed by atoms with van der Waals surface area (Å²) in [5, 5.41) is 4.17. The third-order valence-electron chi connectivity index (χ3n) is 3.60. The molecule has 0 saturated heterocycles. The molecule has 1 aromatic carbocycles. The second kappa shape index (κ2) is 6.76. The molecule has 0 fully saturated rings. The zero-order chi connectivity index (χ0) is 15.4. The minimum absolute atomic E-state index is 0.181. The van der Waals surface area contributed by atoms with Gasteiger partial charge < -0.3 is 10.5 Å². The first-order chi connectivity index (χ1) is 9.97. The predicted octanol–water partition coefficient (Wildman–Crippen LogP) is 2.55. The molecule has 0 amide bonds. The smallest absolute Gasteiger partial charge is 0.125 e. The third kappa shape index (κ3) is 4.08. The highest BCUT2D eigenvalue weighted by Gasteiger charge is 2.08. The van der Waals surface area contributed by atoms with Crippen LogP contribution in [0.5, 0.6) is 5.75 Å². The Labute approximate surface area is 126 Å². The van der Waals surface area contributed by atoms with Crippen molar-refractivity contribution in [1.82, 2.24) is 9.78 Å². The normalized spacial score (nSPS) is 12.4. The maximum Gasteiger partial charge on any atom is 0.125 e. The van der Waals surface area contributed by atoms with Gasteiger partial charge in [0.25, 0.3) is 0 Å². The van der Waals surface area contributed by atoms with E-state index in [0.29, 0.717) is 6.61 Å². The highest BCUT2D eigenvalue weighted by molar-refractivity contribution is 5.43. The van der Waals surface area contributed by atoms with Crippen molar-refractivity contribution in [1.29, 1.82) is 0 Å². The van der Waals surface area contributed by atoms with Crippen LogP contribution in [0.1, 0.15) is 29.3 Å². The monoisotopic (exact) mass is 287 g/mol. The van der Waals surface area contributed by atoms with Crippen LogP contribution in [-0.4, -0.2) is 22.4 Å². The Hall–Kier alpha value is -1.81. The molecular formula is C17H25N3O. The van der Waals surface area contributed by atoms with Crippen LogP contribution in [0, 0.1) is 13.8 Å². The Morgan fingerprint density at radius 2 is 1.95 bits per heavy atom. The van der Waals surface area contributed by atoms with Crippen LogP contribution in [0.4, 0.5) is 0 Å². The Morgan fingerprint density at radius 3 is 2.48 bits per heavy atom. The fraction of sp³-hybridized carbons (Fsp3) is 0.471. The average molecular weight is 287 g/mol. The molecule has 0 aliphatic heterocycles. The van der Waals surface area contributed by atoms with E-state index in [-0.39, 0.29) is 6.04 Å². The van der Waals surface area contributed by atoms with Gasteiger partial charge in [-0.05, 0) is 49.9 Å². The number of nitrogens with zero attached hydrogens (tertiary/aromatic N) is 2. The van der Waals surface area contributed by atoms with Crippen molar-refractivity contribution in [3.05, 3.63) is 46.8 Å². The van der Waals surface area contributed by atoms with Gasteiger partial charge in [0.1, 0.15) is 5.75 Å². The lowest BCUT2D eigenvalue weighted by Crippen LogP contribution is -2.18. The highest BCUT2D eigenvalue weighted by atomic mass is 16.5. The van der Waals surface area contributed by atoms with Gasteiger partial charge >= 0.3 is 0 Å². The summed E-state index contributed by atoms with van der Waals surface area (Å²) in [4.78, 5) is 0. The topological polar surface area (TPSA) is 53.1 Å². The molecule has 1 aromatic heterocycles. The Morgan fingerprint density at radius 1 is 1.29 bits per heavy atom. The predicted molar refractivity (Wildman–Crippen MR) is 85.7 cm³/mol. The van der Waals surface area contributed by atoms with E-state index in [4.69, 9.17) is 10.5 Å². The largest absolute Gasteiger partial charge is 0.493 e. The molecule has 2 rings (SSSR count). The Kier molecular flexibility index (Phi) is 5.02. The van der Waals surface area contributed by atoms with E-state index in [0.717, 1.165) is 18.6 Å². The number of ether oxygens (including phenoxy) is 1. The van der Waals surface area contributed by atoms with Crippen molar-refractivity contribution < 1.29 is 4.74 Å². The van der Waals surface area contributed by atoms with E-state index in [2.05, 4.69) is 31.1 Å². The van der Waals surface area contributed by atoms with Gasteiger partial charge in [-0.25, -0.2) is 0 Å². The molecule has 1 atom stereocenters. The van der Waals surface area contributed by atoms with Gasteiger partial charge in [0.05, 0.1) is 6.61 Å². The van der Waals surface area contributed by atoms with Crippen molar-refractivity contribution in [2.45, 2.75) is 39.7 Å². The number of aromatic nitrogens is 2. The number of hydrogen-bond donors (Lipinski definition) is 1. The van der Waals surface area contributed by atoms with Crippen molar-refractivity contribution in [2.24, 2.45) is 12.8 Å². The molecule has 1 heterocycles. The summed E-state index contributed by atoms with van der Waals surface area (Å²) >= 11 is 0. The lowest BCUT2D eigenvalue weighted by molar-refractivity contribution is 0.314. The number of rotatable bonds is 6. The van der Waals surface area contributed by atoms with Gasteiger partial charge in [-0.3, -0.25) is 4.68 Å². The minimum Gasteiger partial charge on any atom is -0.493 e. The minimum atomic E-state index is 0.181. The molecule has 2 N–H and O–H groups in total. The van der Waals surface area contributed by atoms with Crippen LogP contribution >= 0.6 is 0 Å². The first-order valence-corrected chi connectivity index (χ1v) is 7.42. The standard InChI is InChI=1S/C17H25N3O/c1-12-9-15(11-14(3)18)10-13(2)17(12)21-8-6-16-5-7-19-20(16)4/h5,7,9-10,14H,6,8,11,18H2,1-4H3. The number of benzene rings is 1. The lowest BCUT2D eigenvalue weighted by Gasteiger charge is -2.15. The molecule has 4 heteroatoms. The molecule has 2 aromatic rings. The van der Waals surface area contributed by atoms with Crippen molar-refractivity contribution in [3.8, 4) is 5.75 Å².